The number of nitrogens with zero attached hydrogens (tertiary/aromatic N) is 2. The van der Waals surface area contributed by atoms with Crippen molar-refractivity contribution in [2.75, 3.05) is 0 Å². The van der Waals surface area contributed by atoms with Gasteiger partial charge in [-0.1, -0.05) is 26.0 Å². The zero-order valence-electron chi connectivity index (χ0n) is 9.72. The molecule has 0 bridgehead atoms. The molecule has 0 saturated carbocycles. The molecule has 0 saturated heterocycles. The fraction of sp³-hybridized carbons (Fsp3) is 0.231. The first-order chi connectivity index (χ1) is 8.11. The summed E-state index contributed by atoms with van der Waals surface area (Å²) < 4.78 is 2.26. The normalized spacial score (nSPS) is 10.8. The standard InChI is InChI=1S/C13H13BrN2O/c1-9(2)10-3-5-12(6-4-10)16-7-11(8-17)13(14)15-16/h3-9H,1-2H3. The van der Waals surface area contributed by atoms with Crippen molar-refractivity contribution in [3.8, 4) is 5.69 Å². The Hall–Kier alpha value is -1.42. The molecule has 17 heavy (non-hydrogen) atoms. The SMILES string of the molecule is CC(C)c1ccc(-n2cc(C=O)c(Br)n2)cc1. The van der Waals surface area contributed by atoms with Gasteiger partial charge in [-0.15, -0.1) is 0 Å². The van der Waals surface area contributed by atoms with Crippen LogP contribution in [0.5, 0.6) is 0 Å². The van der Waals surface area contributed by atoms with E-state index in [1.807, 2.05) is 12.1 Å². The third kappa shape index (κ3) is 2.47. The van der Waals surface area contributed by atoms with Gasteiger partial charge >= 0.3 is 0 Å². The van der Waals surface area contributed by atoms with Gasteiger partial charge in [0.2, 0.25) is 0 Å². The molecule has 0 amide bonds. The van der Waals surface area contributed by atoms with Crippen molar-refractivity contribution in [2.24, 2.45) is 0 Å². The Morgan fingerprint density at radius 3 is 2.41 bits per heavy atom. The molecule has 2 aromatic rings. The molecule has 0 radical (unpaired) electrons. The minimum absolute atomic E-state index is 0.513. The lowest BCUT2D eigenvalue weighted by Crippen LogP contribution is -1.95. The highest BCUT2D eigenvalue weighted by atomic mass is 79.9. The summed E-state index contributed by atoms with van der Waals surface area (Å²) in [5.74, 6) is 0.513. The molecule has 88 valence electrons. The van der Waals surface area contributed by atoms with E-state index in [9.17, 15) is 4.79 Å². The largest absolute Gasteiger partial charge is 0.298 e. The zero-order valence-corrected chi connectivity index (χ0v) is 11.3. The minimum Gasteiger partial charge on any atom is -0.298 e. The number of aldehydes is 1. The molecule has 0 aliphatic heterocycles. The van der Waals surface area contributed by atoms with E-state index in [0.717, 1.165) is 12.0 Å². The van der Waals surface area contributed by atoms with Crippen molar-refractivity contribution in [1.82, 2.24) is 9.78 Å². The van der Waals surface area contributed by atoms with Crippen LogP contribution < -0.4 is 0 Å². The van der Waals surface area contributed by atoms with Crippen molar-refractivity contribution in [2.45, 2.75) is 19.8 Å². The molecule has 3 nitrogen and oxygen atoms in total. The Morgan fingerprint density at radius 1 is 1.29 bits per heavy atom. The lowest BCUT2D eigenvalue weighted by Gasteiger charge is -2.06. The third-order valence-electron chi connectivity index (χ3n) is 2.65. The van der Waals surface area contributed by atoms with Crippen molar-refractivity contribution < 1.29 is 4.79 Å². The van der Waals surface area contributed by atoms with E-state index >= 15 is 0 Å². The molecule has 1 aromatic heterocycles. The van der Waals surface area contributed by atoms with Gasteiger partial charge in [0.05, 0.1) is 11.3 Å². The number of hydrogen-bond acceptors (Lipinski definition) is 2. The molecule has 0 unspecified atom stereocenters. The molecule has 0 atom stereocenters. The molecule has 4 heteroatoms. The highest BCUT2D eigenvalue weighted by Crippen LogP contribution is 2.19. The molecule has 1 heterocycles. The summed E-state index contributed by atoms with van der Waals surface area (Å²) in [5, 5.41) is 4.23. The summed E-state index contributed by atoms with van der Waals surface area (Å²) in [6, 6.07) is 8.17. The smallest absolute Gasteiger partial charge is 0.154 e. The summed E-state index contributed by atoms with van der Waals surface area (Å²) in [7, 11) is 0. The van der Waals surface area contributed by atoms with Crippen LogP contribution in [0.25, 0.3) is 5.69 Å². The van der Waals surface area contributed by atoms with E-state index in [4.69, 9.17) is 0 Å². The van der Waals surface area contributed by atoms with Gasteiger partial charge in [-0.2, -0.15) is 5.10 Å². The highest BCUT2D eigenvalue weighted by Gasteiger charge is 2.06. The van der Waals surface area contributed by atoms with E-state index in [0.29, 0.717) is 16.1 Å². The van der Waals surface area contributed by atoms with E-state index in [2.05, 4.69) is 47.0 Å². The second kappa shape index (κ2) is 4.84. The average Bonchev–Trinajstić information content (AvgIpc) is 2.70. The van der Waals surface area contributed by atoms with Crippen LogP contribution in [0.4, 0.5) is 0 Å². The van der Waals surface area contributed by atoms with Gasteiger partial charge in [-0.25, -0.2) is 4.68 Å². The number of carbonyl (C=O) groups is 1. The number of rotatable bonds is 3. The van der Waals surface area contributed by atoms with Crippen molar-refractivity contribution in [3.05, 3.63) is 46.2 Å². The molecular weight excluding hydrogens is 280 g/mol. The van der Waals surface area contributed by atoms with Crippen LogP contribution in [-0.2, 0) is 0 Å². The Balaban J connectivity index is 2.36. The maximum absolute atomic E-state index is 10.7. The third-order valence-corrected chi connectivity index (χ3v) is 3.26. The van der Waals surface area contributed by atoms with Crippen molar-refractivity contribution in [3.63, 3.8) is 0 Å². The molecular formula is C13H13BrN2O. The zero-order chi connectivity index (χ0) is 12.4. The fourth-order valence-electron chi connectivity index (χ4n) is 1.59. The Kier molecular flexibility index (Phi) is 3.43. The maximum atomic E-state index is 10.7. The second-order valence-corrected chi connectivity index (χ2v) is 4.94. The van der Waals surface area contributed by atoms with Gasteiger partial charge in [0.25, 0.3) is 0 Å². The quantitative estimate of drug-likeness (QED) is 0.811. The Bertz CT molecular complexity index is 529. The molecule has 0 fully saturated rings. The van der Waals surface area contributed by atoms with E-state index in [-0.39, 0.29) is 0 Å². The van der Waals surface area contributed by atoms with Gasteiger partial charge in [0, 0.05) is 6.20 Å². The van der Waals surface area contributed by atoms with Crippen LogP contribution in [0, 0.1) is 0 Å². The number of benzene rings is 1. The summed E-state index contributed by atoms with van der Waals surface area (Å²) in [4.78, 5) is 10.7. The van der Waals surface area contributed by atoms with Crippen LogP contribution in [-0.4, -0.2) is 16.1 Å². The summed E-state index contributed by atoms with van der Waals surface area (Å²) in [6.07, 6.45) is 2.50. The number of halogens is 1. The van der Waals surface area contributed by atoms with Gasteiger partial charge < -0.3 is 0 Å². The van der Waals surface area contributed by atoms with Gasteiger partial charge in [0.1, 0.15) is 4.60 Å². The fourth-order valence-corrected chi connectivity index (χ4v) is 1.96. The molecule has 0 aliphatic rings. The first kappa shape index (κ1) is 12.0. The summed E-state index contributed by atoms with van der Waals surface area (Å²) in [5.41, 5.74) is 2.79. The Labute approximate surface area is 109 Å². The van der Waals surface area contributed by atoms with Crippen LogP contribution in [0.1, 0.15) is 35.7 Å². The topological polar surface area (TPSA) is 34.9 Å². The predicted octanol–water partition coefficient (Wildman–Crippen LogP) is 3.57. The monoisotopic (exact) mass is 292 g/mol. The van der Waals surface area contributed by atoms with E-state index < -0.39 is 0 Å². The van der Waals surface area contributed by atoms with Gasteiger partial charge in [-0.3, -0.25) is 4.79 Å². The second-order valence-electron chi connectivity index (χ2n) is 4.18. The van der Waals surface area contributed by atoms with Crippen molar-refractivity contribution >= 4 is 22.2 Å². The summed E-state index contributed by atoms with van der Waals surface area (Å²) >= 11 is 3.25. The lowest BCUT2D eigenvalue weighted by atomic mass is 10.0. The van der Waals surface area contributed by atoms with Gasteiger partial charge in [0.15, 0.2) is 6.29 Å². The van der Waals surface area contributed by atoms with Crippen LogP contribution >= 0.6 is 15.9 Å². The average molecular weight is 293 g/mol. The molecule has 0 spiro atoms. The molecule has 0 N–H and O–H groups in total. The maximum Gasteiger partial charge on any atom is 0.154 e. The predicted molar refractivity (Wildman–Crippen MR) is 70.7 cm³/mol. The first-order valence-corrected chi connectivity index (χ1v) is 6.22. The lowest BCUT2D eigenvalue weighted by molar-refractivity contribution is 0.112. The minimum atomic E-state index is 0.513. The van der Waals surface area contributed by atoms with Gasteiger partial charge in [-0.05, 0) is 39.5 Å². The number of aromatic nitrogens is 2. The number of carbonyl (C=O) groups excluding carboxylic acids is 1. The van der Waals surface area contributed by atoms with E-state index in [1.54, 1.807) is 10.9 Å². The van der Waals surface area contributed by atoms with E-state index in [1.165, 1.54) is 5.56 Å². The molecule has 1 aromatic carbocycles. The number of hydrogen-bond donors (Lipinski definition) is 0. The molecule has 0 aliphatic carbocycles. The van der Waals surface area contributed by atoms with Crippen LogP contribution in [0.15, 0.2) is 35.1 Å². The Morgan fingerprint density at radius 2 is 1.94 bits per heavy atom. The highest BCUT2D eigenvalue weighted by molar-refractivity contribution is 9.10. The van der Waals surface area contributed by atoms with Crippen molar-refractivity contribution in [1.29, 1.82) is 0 Å². The van der Waals surface area contributed by atoms with Crippen LogP contribution in [0.2, 0.25) is 0 Å². The van der Waals surface area contributed by atoms with Crippen LogP contribution in [0.3, 0.4) is 0 Å². The molecule has 2 rings (SSSR count). The summed E-state index contributed by atoms with van der Waals surface area (Å²) in [6.45, 7) is 4.31. The first-order valence-electron chi connectivity index (χ1n) is 5.42.